The van der Waals surface area contributed by atoms with Crippen LogP contribution in [0.25, 0.3) is 0 Å². The fourth-order valence-electron chi connectivity index (χ4n) is 4.78. The third kappa shape index (κ3) is 3.71. The molecule has 4 rings (SSSR count). The van der Waals surface area contributed by atoms with E-state index >= 15 is 0 Å². The van der Waals surface area contributed by atoms with Crippen molar-refractivity contribution in [2.24, 2.45) is 0 Å². The lowest BCUT2D eigenvalue weighted by molar-refractivity contribution is -0.143. The van der Waals surface area contributed by atoms with Crippen LogP contribution in [-0.4, -0.2) is 57.6 Å². The largest absolute Gasteiger partial charge is 0.340 e. The van der Waals surface area contributed by atoms with E-state index in [4.69, 9.17) is 0 Å². The van der Waals surface area contributed by atoms with Gasteiger partial charge in [0.2, 0.25) is 11.8 Å². The predicted molar refractivity (Wildman–Crippen MR) is 111 cm³/mol. The summed E-state index contributed by atoms with van der Waals surface area (Å²) in [5, 5.41) is 4.39. The minimum absolute atomic E-state index is 0.0594. The first-order chi connectivity index (χ1) is 14.1. The number of hydrogen-bond acceptors (Lipinski definition) is 3. The smallest absolute Gasteiger partial charge is 0.245 e. The molecule has 1 atom stereocenters. The zero-order valence-electron chi connectivity index (χ0n) is 16.7. The van der Waals surface area contributed by atoms with Gasteiger partial charge in [0.1, 0.15) is 0 Å². The van der Waals surface area contributed by atoms with E-state index in [0.717, 1.165) is 24.9 Å². The maximum atomic E-state index is 13.9. The number of rotatable bonds is 4. The van der Waals surface area contributed by atoms with Gasteiger partial charge in [-0.2, -0.15) is 5.10 Å². The van der Waals surface area contributed by atoms with Crippen LogP contribution in [-0.2, 0) is 15.0 Å². The molecule has 6 heteroatoms. The molecule has 1 unspecified atom stereocenters. The molecule has 2 aliphatic heterocycles. The molecule has 0 radical (unpaired) electrons. The fraction of sp³-hybridized carbons (Fsp3) is 0.435. The number of hydrogen-bond donors (Lipinski definition) is 0. The lowest BCUT2D eigenvalue weighted by Crippen LogP contribution is -2.55. The highest BCUT2D eigenvalue weighted by atomic mass is 16.2. The van der Waals surface area contributed by atoms with Crippen molar-refractivity contribution >= 4 is 11.8 Å². The molecule has 0 N–H and O–H groups in total. The van der Waals surface area contributed by atoms with Crippen molar-refractivity contribution in [3.8, 4) is 0 Å². The summed E-state index contributed by atoms with van der Waals surface area (Å²) in [5.41, 5.74) is 0.475. The Kier molecular flexibility index (Phi) is 5.51. The van der Waals surface area contributed by atoms with Crippen LogP contribution in [0.15, 0.2) is 61.4 Å². The summed E-state index contributed by atoms with van der Waals surface area (Å²) in [6.07, 6.45) is 8.41. The van der Waals surface area contributed by atoms with Gasteiger partial charge in [0, 0.05) is 38.6 Å². The molecule has 0 bridgehead atoms. The Morgan fingerprint density at radius 1 is 1.07 bits per heavy atom. The van der Waals surface area contributed by atoms with Gasteiger partial charge < -0.3 is 9.80 Å². The van der Waals surface area contributed by atoms with Crippen molar-refractivity contribution in [1.29, 1.82) is 0 Å². The molecule has 29 heavy (non-hydrogen) atoms. The van der Waals surface area contributed by atoms with Crippen LogP contribution in [0, 0.1) is 0 Å². The van der Waals surface area contributed by atoms with Gasteiger partial charge in [0.05, 0.1) is 11.5 Å². The minimum atomic E-state index is -0.578. The zero-order chi connectivity index (χ0) is 20.3. The Morgan fingerprint density at radius 3 is 2.48 bits per heavy atom. The van der Waals surface area contributed by atoms with Crippen LogP contribution in [0.5, 0.6) is 0 Å². The van der Waals surface area contributed by atoms with Crippen LogP contribution in [0.4, 0.5) is 0 Å². The number of benzene rings is 1. The van der Waals surface area contributed by atoms with E-state index in [0.29, 0.717) is 32.5 Å². The molecule has 0 aliphatic carbocycles. The van der Waals surface area contributed by atoms with Crippen LogP contribution >= 0.6 is 0 Å². The molecule has 1 aromatic carbocycles. The summed E-state index contributed by atoms with van der Waals surface area (Å²) in [4.78, 5) is 29.8. The Balaban J connectivity index is 1.59. The molecule has 2 saturated heterocycles. The van der Waals surface area contributed by atoms with Gasteiger partial charge in [0.25, 0.3) is 0 Å². The summed E-state index contributed by atoms with van der Waals surface area (Å²) in [5.74, 6) is 0.127. The third-order valence-electron chi connectivity index (χ3n) is 6.42. The highest BCUT2D eigenvalue weighted by Crippen LogP contribution is 2.38. The molecule has 2 aliphatic rings. The van der Waals surface area contributed by atoms with Crippen molar-refractivity contribution in [3.05, 3.63) is 67.0 Å². The summed E-state index contributed by atoms with van der Waals surface area (Å²) in [6, 6.07) is 12.2. The Morgan fingerprint density at radius 2 is 1.83 bits per heavy atom. The van der Waals surface area contributed by atoms with Gasteiger partial charge in [-0.25, -0.2) is 0 Å². The SMILES string of the molecule is C=CC(=O)N1CCC(C(=O)N2CCCC(n3cccn3)C2)(c2ccccc2)CC1. The van der Waals surface area contributed by atoms with Crippen molar-refractivity contribution in [2.75, 3.05) is 26.2 Å². The number of amides is 2. The fourth-order valence-corrected chi connectivity index (χ4v) is 4.78. The molecule has 0 saturated carbocycles. The van der Waals surface area contributed by atoms with Gasteiger partial charge in [0.15, 0.2) is 0 Å². The average molecular weight is 393 g/mol. The van der Waals surface area contributed by atoms with E-state index in [9.17, 15) is 9.59 Å². The lowest BCUT2D eigenvalue weighted by Gasteiger charge is -2.45. The maximum Gasteiger partial charge on any atom is 0.245 e. The number of carbonyl (C=O) groups excluding carboxylic acids is 2. The maximum absolute atomic E-state index is 13.9. The van der Waals surface area contributed by atoms with Gasteiger partial charge in [-0.05, 0) is 43.4 Å². The van der Waals surface area contributed by atoms with Crippen molar-refractivity contribution in [1.82, 2.24) is 19.6 Å². The van der Waals surface area contributed by atoms with Gasteiger partial charge >= 0.3 is 0 Å². The number of likely N-dealkylation sites (tertiary alicyclic amines) is 2. The molecule has 3 heterocycles. The van der Waals surface area contributed by atoms with Crippen molar-refractivity contribution < 1.29 is 9.59 Å². The molecule has 1 aromatic heterocycles. The highest BCUT2D eigenvalue weighted by Gasteiger charge is 2.46. The van der Waals surface area contributed by atoms with Gasteiger partial charge in [-0.15, -0.1) is 0 Å². The van der Waals surface area contributed by atoms with E-state index in [1.165, 1.54) is 6.08 Å². The molecule has 152 valence electrons. The van der Waals surface area contributed by atoms with Crippen LogP contribution in [0.2, 0.25) is 0 Å². The second-order valence-electron chi connectivity index (χ2n) is 8.01. The third-order valence-corrected chi connectivity index (χ3v) is 6.42. The Bertz CT molecular complexity index is 854. The van der Waals surface area contributed by atoms with Crippen LogP contribution < -0.4 is 0 Å². The quantitative estimate of drug-likeness (QED) is 0.752. The first-order valence-electron chi connectivity index (χ1n) is 10.4. The second-order valence-corrected chi connectivity index (χ2v) is 8.01. The first-order valence-corrected chi connectivity index (χ1v) is 10.4. The molecule has 0 spiro atoms. The molecule has 2 aromatic rings. The zero-order valence-corrected chi connectivity index (χ0v) is 16.7. The van der Waals surface area contributed by atoms with Gasteiger partial charge in [-0.1, -0.05) is 36.9 Å². The van der Waals surface area contributed by atoms with Crippen LogP contribution in [0.3, 0.4) is 0 Å². The molecule has 2 amide bonds. The normalized spacial score (nSPS) is 21.6. The average Bonchev–Trinajstić information content (AvgIpc) is 3.34. The van der Waals surface area contributed by atoms with E-state index < -0.39 is 5.41 Å². The monoisotopic (exact) mass is 392 g/mol. The second kappa shape index (κ2) is 8.23. The van der Waals surface area contributed by atoms with E-state index in [1.807, 2.05) is 40.0 Å². The number of aromatic nitrogens is 2. The molecule has 2 fully saturated rings. The summed E-state index contributed by atoms with van der Waals surface area (Å²) < 4.78 is 1.97. The van der Waals surface area contributed by atoms with E-state index in [2.05, 4.69) is 23.8 Å². The van der Waals surface area contributed by atoms with Gasteiger partial charge in [-0.3, -0.25) is 14.3 Å². The van der Waals surface area contributed by atoms with E-state index in [1.54, 1.807) is 11.1 Å². The summed E-state index contributed by atoms with van der Waals surface area (Å²) in [6.45, 7) is 6.20. The Hall–Kier alpha value is -2.89. The highest BCUT2D eigenvalue weighted by molar-refractivity contribution is 5.90. The Labute approximate surface area is 171 Å². The number of piperidine rings is 2. The number of nitrogens with zero attached hydrogens (tertiary/aromatic N) is 4. The predicted octanol–water partition coefficient (Wildman–Crippen LogP) is 2.79. The topological polar surface area (TPSA) is 58.4 Å². The van der Waals surface area contributed by atoms with Crippen molar-refractivity contribution in [2.45, 2.75) is 37.1 Å². The standard InChI is InChI=1S/C23H28N4O2/c1-2-21(28)25-16-11-23(12-17-25,19-8-4-3-5-9-19)22(29)26-14-6-10-20(18-26)27-15-7-13-24-27/h2-5,7-9,13,15,20H,1,6,10-12,14,16-18H2. The van der Waals surface area contributed by atoms with Crippen molar-refractivity contribution in [3.63, 3.8) is 0 Å². The molecule has 6 nitrogen and oxygen atoms in total. The van der Waals surface area contributed by atoms with Crippen LogP contribution in [0.1, 0.15) is 37.3 Å². The lowest BCUT2D eigenvalue weighted by atomic mass is 9.71. The molecular formula is C23H28N4O2. The minimum Gasteiger partial charge on any atom is -0.340 e. The summed E-state index contributed by atoms with van der Waals surface area (Å²) >= 11 is 0. The first kappa shape index (κ1) is 19.4. The van der Waals surface area contributed by atoms with E-state index in [-0.39, 0.29) is 17.9 Å². The summed E-state index contributed by atoms with van der Waals surface area (Å²) in [7, 11) is 0. The molecular weight excluding hydrogens is 364 g/mol. The number of carbonyl (C=O) groups is 2.